The second-order valence-corrected chi connectivity index (χ2v) is 14.2. The Bertz CT molecular complexity index is 2020. The van der Waals surface area contributed by atoms with Crippen LogP contribution in [0.25, 0.3) is 0 Å². The predicted octanol–water partition coefficient (Wildman–Crippen LogP) is 0.557. The molecule has 1 amide bonds. The molecule has 282 valence electrons. The number of hydrogen-bond donors (Lipinski definition) is 5. The van der Waals surface area contributed by atoms with Crippen molar-refractivity contribution >= 4 is 34.8 Å². The van der Waals surface area contributed by atoms with Crippen LogP contribution in [-0.2, 0) is 31.0 Å². The lowest BCUT2D eigenvalue weighted by atomic mass is 9.56. The number of methoxy groups -OCH3 is 3. The third-order valence-corrected chi connectivity index (χ3v) is 11.4. The van der Waals surface area contributed by atoms with Gasteiger partial charge in [0.05, 0.1) is 41.0 Å². The van der Waals surface area contributed by atoms with E-state index < -0.39 is 129 Å². The van der Waals surface area contributed by atoms with Gasteiger partial charge >= 0.3 is 0 Å². The minimum atomic E-state index is -3.19. The SMILES string of the molecule is CO[C@@H]1[C@@H](O)[C@@H](OC)C(N=C2CC(=O)c3c(cc4c(c3O)C(=O)[C@]3(OC)[C@H](O)Cc5cc(C)c(C(=O)N6CCCC6)c(O)c5[C@]3(O)C4=O)C2=O)O[C@H]1C. The van der Waals surface area contributed by atoms with Gasteiger partial charge in [0.1, 0.15) is 29.8 Å². The van der Waals surface area contributed by atoms with Gasteiger partial charge in [0.25, 0.3) is 5.91 Å². The summed E-state index contributed by atoms with van der Waals surface area (Å²) in [6.45, 7) is 4.00. The first-order valence-electron chi connectivity index (χ1n) is 17.2. The number of ketones is 4. The Labute approximate surface area is 302 Å². The van der Waals surface area contributed by atoms with Crippen molar-refractivity contribution in [2.75, 3.05) is 34.4 Å². The van der Waals surface area contributed by atoms with Crippen LogP contribution in [0.2, 0.25) is 0 Å². The lowest BCUT2D eigenvalue weighted by Crippen LogP contribution is -2.73. The molecule has 5 N–H and O–H groups in total. The molecule has 53 heavy (non-hydrogen) atoms. The number of aromatic hydroxyl groups is 2. The molecule has 5 aliphatic rings. The number of ether oxygens (including phenoxy) is 4. The van der Waals surface area contributed by atoms with Crippen LogP contribution in [0.5, 0.6) is 11.5 Å². The number of carbonyl (C=O) groups is 5. The zero-order valence-electron chi connectivity index (χ0n) is 29.7. The highest BCUT2D eigenvalue weighted by molar-refractivity contribution is 6.53. The monoisotopic (exact) mass is 736 g/mol. The van der Waals surface area contributed by atoms with Crippen LogP contribution < -0.4 is 0 Å². The summed E-state index contributed by atoms with van der Waals surface area (Å²) in [7, 11) is 3.62. The first-order valence-corrected chi connectivity index (χ1v) is 17.2. The van der Waals surface area contributed by atoms with Crippen LogP contribution in [0.4, 0.5) is 0 Å². The number of benzene rings is 2. The van der Waals surface area contributed by atoms with E-state index >= 15 is 0 Å². The number of fused-ring (bicyclic) bond motifs is 5. The van der Waals surface area contributed by atoms with Gasteiger partial charge in [-0.15, -0.1) is 0 Å². The van der Waals surface area contributed by atoms with E-state index in [0.29, 0.717) is 18.7 Å². The summed E-state index contributed by atoms with van der Waals surface area (Å²) in [5, 5.41) is 58.4. The number of phenols is 2. The van der Waals surface area contributed by atoms with Gasteiger partial charge in [-0.3, -0.25) is 29.0 Å². The molecular weight excluding hydrogens is 696 g/mol. The van der Waals surface area contributed by atoms with E-state index in [1.165, 1.54) is 25.2 Å². The van der Waals surface area contributed by atoms with E-state index in [-0.39, 0.29) is 16.8 Å². The van der Waals surface area contributed by atoms with Gasteiger partial charge in [0, 0.05) is 57.5 Å². The molecule has 16 nitrogen and oxygen atoms in total. The third-order valence-electron chi connectivity index (χ3n) is 11.4. The highest BCUT2D eigenvalue weighted by Gasteiger charge is 2.72. The van der Waals surface area contributed by atoms with Crippen molar-refractivity contribution < 1.29 is 68.5 Å². The second-order valence-electron chi connectivity index (χ2n) is 14.2. The molecule has 2 saturated heterocycles. The molecule has 2 heterocycles. The van der Waals surface area contributed by atoms with E-state index in [9.17, 15) is 49.5 Å². The summed E-state index contributed by atoms with van der Waals surface area (Å²) < 4.78 is 22.1. The Morgan fingerprint density at radius 1 is 0.943 bits per heavy atom. The Balaban J connectivity index is 1.39. The van der Waals surface area contributed by atoms with Crippen molar-refractivity contribution in [3.63, 3.8) is 0 Å². The van der Waals surface area contributed by atoms with Crippen molar-refractivity contribution in [3.8, 4) is 11.5 Å². The van der Waals surface area contributed by atoms with E-state index in [2.05, 4.69) is 4.99 Å². The minimum Gasteiger partial charge on any atom is -0.507 e. The molecule has 2 aromatic rings. The summed E-state index contributed by atoms with van der Waals surface area (Å²) in [4.78, 5) is 76.5. The number of hydrogen-bond acceptors (Lipinski definition) is 15. The Morgan fingerprint density at radius 2 is 1.60 bits per heavy atom. The van der Waals surface area contributed by atoms with Crippen LogP contribution in [-0.4, -0.2) is 142 Å². The Hall–Kier alpha value is -4.42. The number of aryl methyl sites for hydroxylation is 1. The topological polar surface area (TPSA) is 239 Å². The number of carbonyl (C=O) groups excluding carboxylic acids is 5. The fourth-order valence-electron chi connectivity index (χ4n) is 8.89. The average molecular weight is 737 g/mol. The fourth-order valence-corrected chi connectivity index (χ4v) is 8.89. The summed E-state index contributed by atoms with van der Waals surface area (Å²) in [6.07, 6.45) is -6.65. The summed E-state index contributed by atoms with van der Waals surface area (Å²) >= 11 is 0. The fraction of sp³-hybridized carbons (Fsp3) is 0.514. The maximum Gasteiger partial charge on any atom is 0.257 e. The molecule has 1 unspecified atom stereocenters. The largest absolute Gasteiger partial charge is 0.507 e. The summed E-state index contributed by atoms with van der Waals surface area (Å²) in [5.74, 6) is -6.82. The minimum absolute atomic E-state index is 0.0559. The highest BCUT2D eigenvalue weighted by atomic mass is 16.6. The van der Waals surface area contributed by atoms with Gasteiger partial charge in [-0.2, -0.15) is 0 Å². The Morgan fingerprint density at radius 3 is 2.23 bits per heavy atom. The molecule has 16 heteroatoms. The quantitative estimate of drug-likeness (QED) is 0.282. The zero-order valence-corrected chi connectivity index (χ0v) is 29.7. The molecule has 2 fully saturated rings. The molecule has 0 spiro atoms. The van der Waals surface area contributed by atoms with Crippen molar-refractivity contribution in [2.45, 2.75) is 87.5 Å². The molecule has 0 saturated carbocycles. The number of nitrogens with zero attached hydrogens (tertiary/aromatic N) is 2. The Kier molecular flexibility index (Phi) is 8.96. The first-order chi connectivity index (χ1) is 25.1. The van der Waals surface area contributed by atoms with Crippen molar-refractivity contribution in [1.29, 1.82) is 0 Å². The van der Waals surface area contributed by atoms with Crippen molar-refractivity contribution in [1.82, 2.24) is 4.90 Å². The average Bonchev–Trinajstić information content (AvgIpc) is 3.65. The first kappa shape index (κ1) is 36.9. The van der Waals surface area contributed by atoms with Crippen molar-refractivity contribution in [2.24, 2.45) is 4.99 Å². The predicted molar refractivity (Wildman–Crippen MR) is 181 cm³/mol. The molecular formula is C37H40N2O14. The summed E-state index contributed by atoms with van der Waals surface area (Å²) in [5.41, 5.74) is -9.40. The number of amides is 1. The highest BCUT2D eigenvalue weighted by Crippen LogP contribution is 2.56. The molecule has 2 aliphatic heterocycles. The molecule has 8 atom stereocenters. The van der Waals surface area contributed by atoms with Gasteiger partial charge in [0.15, 0.2) is 23.2 Å². The lowest BCUT2D eigenvalue weighted by molar-refractivity contribution is -0.228. The van der Waals surface area contributed by atoms with E-state index in [1.807, 2.05) is 0 Å². The third kappa shape index (κ3) is 4.86. The zero-order chi connectivity index (χ0) is 38.5. The maximum atomic E-state index is 14.8. The number of aliphatic hydroxyl groups is 3. The number of Topliss-reactive ketones (excluding diaryl/α,β-unsaturated/α-hetero) is 4. The number of rotatable bonds is 5. The van der Waals surface area contributed by atoms with E-state index in [1.54, 1.807) is 13.8 Å². The van der Waals surface area contributed by atoms with Crippen LogP contribution in [0.3, 0.4) is 0 Å². The van der Waals surface area contributed by atoms with Gasteiger partial charge in [-0.1, -0.05) is 6.07 Å². The van der Waals surface area contributed by atoms with E-state index in [4.69, 9.17) is 18.9 Å². The molecule has 0 aromatic heterocycles. The maximum absolute atomic E-state index is 14.8. The van der Waals surface area contributed by atoms with Crippen LogP contribution in [0, 0.1) is 6.92 Å². The van der Waals surface area contributed by atoms with Gasteiger partial charge in [-0.25, -0.2) is 0 Å². The molecule has 0 bridgehead atoms. The van der Waals surface area contributed by atoms with Gasteiger partial charge in [0.2, 0.25) is 17.3 Å². The van der Waals surface area contributed by atoms with Crippen molar-refractivity contribution in [3.05, 3.63) is 56.6 Å². The summed E-state index contributed by atoms with van der Waals surface area (Å²) in [6, 6.07) is 2.32. The number of phenolic OH excluding ortho intramolecular Hbond substituents is 2. The van der Waals surface area contributed by atoms with Gasteiger partial charge in [-0.05, 0) is 43.9 Å². The molecule has 2 aromatic carbocycles. The lowest BCUT2D eigenvalue weighted by Gasteiger charge is -2.53. The number of likely N-dealkylation sites (tertiary alicyclic amines) is 1. The standard InChI is InChI=1S/C37H40N2O14/c1-14-10-16-11-21(41)37(52-5)33(47)24-18(32(46)36(37,49)25(16)28(44)22(14)35(48)39-8-6-7-9-39)12-17-23(27(24)43)20(40)13-19(26(17)42)38-34-31(51-4)29(45)30(50-3)15(2)53-34/h10,12,15,21,29-31,34,41,43-45,49H,6-9,11,13H2,1-5H3/t15-,21+,29+,30-,31+,34?,36-,37+/m0/s1. The van der Waals surface area contributed by atoms with Crippen LogP contribution >= 0.6 is 0 Å². The van der Waals surface area contributed by atoms with Gasteiger partial charge < -0.3 is 49.4 Å². The molecule has 3 aliphatic carbocycles. The van der Waals surface area contributed by atoms with E-state index in [0.717, 1.165) is 26.0 Å². The smallest absolute Gasteiger partial charge is 0.257 e. The number of aliphatic imine (C=N–C) groups is 1. The number of aliphatic hydroxyl groups excluding tert-OH is 2. The van der Waals surface area contributed by atoms with Crippen LogP contribution in [0.15, 0.2) is 17.1 Å². The molecule has 7 rings (SSSR count). The van der Waals surface area contributed by atoms with Crippen LogP contribution in [0.1, 0.15) is 94.7 Å². The molecule has 0 radical (unpaired) electrons. The normalized spacial score (nSPS) is 33.1. The second kappa shape index (κ2) is 12.9.